The van der Waals surface area contributed by atoms with Crippen LogP contribution in [0.3, 0.4) is 0 Å². The zero-order valence-corrected chi connectivity index (χ0v) is 8.02. The molecule has 0 aromatic heterocycles. The highest BCUT2D eigenvalue weighted by molar-refractivity contribution is 5.96. The minimum atomic E-state index is -0.208. The predicted octanol–water partition coefficient (Wildman–Crippen LogP) is 2.27. The second-order valence-electron chi connectivity index (χ2n) is 3.17. The van der Waals surface area contributed by atoms with E-state index < -0.39 is 0 Å². The van der Waals surface area contributed by atoms with E-state index in [0.717, 1.165) is 5.56 Å². The Kier molecular flexibility index (Phi) is 2.19. The number of aryl methyl sites for hydroxylation is 1. The maximum Gasteiger partial charge on any atom is 0.262 e. The molecule has 1 aliphatic rings. The first-order valence-corrected chi connectivity index (χ1v) is 4.33. The number of hydrogen-bond acceptors (Lipinski definition) is 3. The van der Waals surface area contributed by atoms with Crippen molar-refractivity contribution in [2.75, 3.05) is 11.9 Å². The number of anilines is 1. The molecular weight excluding hydrogens is 196 g/mol. The van der Waals surface area contributed by atoms with Gasteiger partial charge in [0.05, 0.1) is 5.69 Å². The van der Waals surface area contributed by atoms with Crippen LogP contribution in [-0.2, 0) is 4.79 Å². The van der Waals surface area contributed by atoms with Gasteiger partial charge in [-0.2, -0.15) is 0 Å². The Morgan fingerprint density at radius 1 is 1.60 bits per heavy atom. The zero-order valence-electron chi connectivity index (χ0n) is 8.02. The van der Waals surface area contributed by atoms with Crippen LogP contribution in [0.4, 0.5) is 11.4 Å². The van der Waals surface area contributed by atoms with Crippen molar-refractivity contribution in [2.24, 2.45) is 5.11 Å². The van der Waals surface area contributed by atoms with E-state index >= 15 is 0 Å². The molecule has 15 heavy (non-hydrogen) atoms. The van der Waals surface area contributed by atoms with E-state index in [2.05, 4.69) is 15.3 Å². The van der Waals surface area contributed by atoms with Gasteiger partial charge in [0.25, 0.3) is 5.91 Å². The highest BCUT2D eigenvalue weighted by Gasteiger charge is 2.18. The Morgan fingerprint density at radius 2 is 2.40 bits per heavy atom. The minimum absolute atomic E-state index is 0.0225. The SMILES string of the molecule is Cc1cc(N=[N+]=[N-])cc2c1OCC(=O)N2. The van der Waals surface area contributed by atoms with Crippen LogP contribution in [0.25, 0.3) is 10.4 Å². The Hall–Kier alpha value is -2.20. The van der Waals surface area contributed by atoms with E-state index in [4.69, 9.17) is 10.3 Å². The molecule has 0 unspecified atom stereocenters. The van der Waals surface area contributed by atoms with Gasteiger partial charge in [-0.25, -0.2) is 0 Å². The number of azide groups is 1. The summed E-state index contributed by atoms with van der Waals surface area (Å²) >= 11 is 0. The molecule has 2 rings (SSSR count). The van der Waals surface area contributed by atoms with Gasteiger partial charge in [-0.15, -0.1) is 0 Å². The van der Waals surface area contributed by atoms with Crippen LogP contribution < -0.4 is 10.1 Å². The van der Waals surface area contributed by atoms with Crippen molar-refractivity contribution in [3.05, 3.63) is 28.1 Å². The lowest BCUT2D eigenvalue weighted by Crippen LogP contribution is -2.25. The molecule has 6 nitrogen and oxygen atoms in total. The molecule has 0 aliphatic carbocycles. The minimum Gasteiger partial charge on any atom is -0.481 e. The second kappa shape index (κ2) is 3.51. The third-order valence-electron chi connectivity index (χ3n) is 2.04. The average molecular weight is 204 g/mol. The van der Waals surface area contributed by atoms with E-state index in [1.54, 1.807) is 12.1 Å². The topological polar surface area (TPSA) is 87.1 Å². The third kappa shape index (κ3) is 1.70. The first-order chi connectivity index (χ1) is 7.20. The molecule has 0 saturated carbocycles. The van der Waals surface area contributed by atoms with Crippen LogP contribution >= 0.6 is 0 Å². The van der Waals surface area contributed by atoms with Crippen molar-refractivity contribution in [1.29, 1.82) is 0 Å². The van der Waals surface area contributed by atoms with Crippen LogP contribution in [0, 0.1) is 6.92 Å². The normalized spacial score (nSPS) is 13.3. The number of benzene rings is 1. The molecule has 76 valence electrons. The highest BCUT2D eigenvalue weighted by atomic mass is 16.5. The number of carbonyl (C=O) groups excluding carboxylic acids is 1. The number of nitrogens with zero attached hydrogens (tertiary/aromatic N) is 3. The Bertz CT molecular complexity index is 477. The Labute approximate surface area is 85.5 Å². The number of nitrogens with one attached hydrogen (secondary N) is 1. The highest BCUT2D eigenvalue weighted by Crippen LogP contribution is 2.35. The van der Waals surface area contributed by atoms with E-state index in [1.807, 2.05) is 6.92 Å². The van der Waals surface area contributed by atoms with E-state index in [0.29, 0.717) is 17.1 Å². The van der Waals surface area contributed by atoms with E-state index in [1.165, 1.54) is 0 Å². The number of ether oxygens (including phenoxy) is 1. The molecular formula is C9H8N4O2. The van der Waals surface area contributed by atoms with Crippen molar-refractivity contribution in [3.63, 3.8) is 0 Å². The number of rotatable bonds is 1. The summed E-state index contributed by atoms with van der Waals surface area (Å²) in [5.41, 5.74) is 10.1. The molecule has 1 N–H and O–H groups in total. The summed E-state index contributed by atoms with van der Waals surface area (Å²) < 4.78 is 5.25. The van der Waals surface area contributed by atoms with Gasteiger partial charge in [0, 0.05) is 10.6 Å². The fourth-order valence-electron chi connectivity index (χ4n) is 1.47. The standard InChI is InChI=1S/C9H8N4O2/c1-5-2-6(12-13-10)3-7-9(5)15-4-8(14)11-7/h2-3H,4H2,1H3,(H,11,14). The summed E-state index contributed by atoms with van der Waals surface area (Å²) in [6.07, 6.45) is 0. The van der Waals surface area contributed by atoms with Crippen molar-refractivity contribution < 1.29 is 9.53 Å². The lowest BCUT2D eigenvalue weighted by atomic mass is 10.1. The largest absolute Gasteiger partial charge is 0.481 e. The van der Waals surface area contributed by atoms with Gasteiger partial charge in [-0.1, -0.05) is 5.11 Å². The van der Waals surface area contributed by atoms with Crippen LogP contribution in [0.5, 0.6) is 5.75 Å². The Morgan fingerprint density at radius 3 is 3.13 bits per heavy atom. The van der Waals surface area contributed by atoms with Gasteiger partial charge in [0.2, 0.25) is 0 Å². The maximum atomic E-state index is 11.1. The molecule has 1 aromatic rings. The fraction of sp³-hybridized carbons (Fsp3) is 0.222. The number of hydrogen-bond donors (Lipinski definition) is 1. The molecule has 1 aliphatic heterocycles. The van der Waals surface area contributed by atoms with Gasteiger partial charge in [0.1, 0.15) is 5.75 Å². The summed E-state index contributed by atoms with van der Waals surface area (Å²) in [4.78, 5) is 13.8. The summed E-state index contributed by atoms with van der Waals surface area (Å²) in [5.74, 6) is 0.423. The van der Waals surface area contributed by atoms with E-state index in [-0.39, 0.29) is 12.5 Å². The van der Waals surface area contributed by atoms with Gasteiger partial charge < -0.3 is 10.1 Å². The molecule has 6 heteroatoms. The van der Waals surface area contributed by atoms with E-state index in [9.17, 15) is 4.79 Å². The molecule has 0 fully saturated rings. The van der Waals surface area contributed by atoms with Crippen molar-refractivity contribution in [1.82, 2.24) is 0 Å². The van der Waals surface area contributed by atoms with Crippen LogP contribution in [0.2, 0.25) is 0 Å². The number of fused-ring (bicyclic) bond motifs is 1. The summed E-state index contributed by atoms with van der Waals surface area (Å²) in [5, 5.41) is 6.13. The number of amides is 1. The molecule has 0 saturated heterocycles. The number of carbonyl (C=O) groups is 1. The molecule has 1 amide bonds. The fourth-order valence-corrected chi connectivity index (χ4v) is 1.47. The first-order valence-electron chi connectivity index (χ1n) is 4.33. The summed E-state index contributed by atoms with van der Waals surface area (Å²) in [6, 6.07) is 3.29. The zero-order chi connectivity index (χ0) is 10.8. The van der Waals surface area contributed by atoms with Crippen molar-refractivity contribution >= 4 is 17.3 Å². The quantitative estimate of drug-likeness (QED) is 0.432. The molecule has 0 radical (unpaired) electrons. The molecule has 1 heterocycles. The van der Waals surface area contributed by atoms with Crippen molar-refractivity contribution in [3.8, 4) is 5.75 Å². The monoisotopic (exact) mass is 204 g/mol. The van der Waals surface area contributed by atoms with Gasteiger partial charge in [0.15, 0.2) is 6.61 Å². The first kappa shape index (κ1) is 9.36. The van der Waals surface area contributed by atoms with Crippen LogP contribution in [-0.4, -0.2) is 12.5 Å². The molecule has 1 aromatic carbocycles. The third-order valence-corrected chi connectivity index (χ3v) is 2.04. The lowest BCUT2D eigenvalue weighted by Gasteiger charge is -2.19. The Balaban J connectivity index is 2.52. The molecule has 0 bridgehead atoms. The maximum absolute atomic E-state index is 11.1. The summed E-state index contributed by atoms with van der Waals surface area (Å²) in [6.45, 7) is 1.85. The average Bonchev–Trinajstić information content (AvgIpc) is 2.17. The van der Waals surface area contributed by atoms with Crippen LogP contribution in [0.1, 0.15) is 5.56 Å². The summed E-state index contributed by atoms with van der Waals surface area (Å²) in [7, 11) is 0. The van der Waals surface area contributed by atoms with Crippen molar-refractivity contribution in [2.45, 2.75) is 6.92 Å². The van der Waals surface area contributed by atoms with Crippen LogP contribution in [0.15, 0.2) is 17.2 Å². The van der Waals surface area contributed by atoms with Gasteiger partial charge >= 0.3 is 0 Å². The molecule has 0 atom stereocenters. The lowest BCUT2D eigenvalue weighted by molar-refractivity contribution is -0.118. The molecule has 0 spiro atoms. The second-order valence-corrected chi connectivity index (χ2v) is 3.17. The smallest absolute Gasteiger partial charge is 0.262 e. The van der Waals surface area contributed by atoms with Gasteiger partial charge in [-0.05, 0) is 30.2 Å². The van der Waals surface area contributed by atoms with Gasteiger partial charge in [-0.3, -0.25) is 4.79 Å². The predicted molar refractivity (Wildman–Crippen MR) is 54.1 cm³/mol.